The van der Waals surface area contributed by atoms with Crippen molar-refractivity contribution in [1.82, 2.24) is 4.90 Å². The summed E-state index contributed by atoms with van der Waals surface area (Å²) in [6.45, 7) is 3.12. The number of hydrogen-bond acceptors (Lipinski definition) is 3. The number of ether oxygens (including phenoxy) is 1. The van der Waals surface area contributed by atoms with E-state index in [1.54, 1.807) is 0 Å². The van der Waals surface area contributed by atoms with Crippen LogP contribution in [-0.4, -0.2) is 48.9 Å². The van der Waals surface area contributed by atoms with Gasteiger partial charge in [-0.2, -0.15) is 0 Å². The maximum absolute atomic E-state index is 10.6. The van der Waals surface area contributed by atoms with Crippen LogP contribution in [0.2, 0.25) is 0 Å². The molecule has 3 N–H and O–H groups in total. The molecular weight excluding hydrogens is 184 g/mol. The van der Waals surface area contributed by atoms with Crippen LogP contribution in [0.5, 0.6) is 0 Å². The molecular formula is C9H18N2O3. The zero-order valence-corrected chi connectivity index (χ0v) is 8.32. The molecule has 1 saturated heterocycles. The minimum absolute atomic E-state index is 0.497. The van der Waals surface area contributed by atoms with Crippen LogP contribution in [0.25, 0.3) is 0 Å². The highest BCUT2D eigenvalue weighted by molar-refractivity contribution is 5.64. The molecule has 82 valence electrons. The Morgan fingerprint density at radius 3 is 2.64 bits per heavy atom. The van der Waals surface area contributed by atoms with Gasteiger partial charge >= 0.3 is 6.09 Å². The molecule has 5 heteroatoms. The quantitative estimate of drug-likeness (QED) is 0.645. The Morgan fingerprint density at radius 2 is 2.14 bits per heavy atom. The van der Waals surface area contributed by atoms with Crippen LogP contribution in [0.4, 0.5) is 4.79 Å². The summed E-state index contributed by atoms with van der Waals surface area (Å²) in [7, 11) is 0. The van der Waals surface area contributed by atoms with Gasteiger partial charge in [-0.1, -0.05) is 0 Å². The number of amides is 1. The van der Waals surface area contributed by atoms with Crippen molar-refractivity contribution in [2.45, 2.75) is 12.8 Å². The highest BCUT2D eigenvalue weighted by Gasteiger charge is 2.21. The lowest BCUT2D eigenvalue weighted by Gasteiger charge is -2.29. The number of nitrogens with two attached hydrogens (primary N) is 1. The van der Waals surface area contributed by atoms with E-state index in [2.05, 4.69) is 0 Å². The summed E-state index contributed by atoms with van der Waals surface area (Å²) in [5.41, 5.74) is 5.29. The lowest BCUT2D eigenvalue weighted by atomic mass is 9.98. The minimum atomic E-state index is -0.814. The fraction of sp³-hybridized carbons (Fsp3) is 0.889. The van der Waals surface area contributed by atoms with Gasteiger partial charge in [-0.25, -0.2) is 4.79 Å². The summed E-state index contributed by atoms with van der Waals surface area (Å²) in [5, 5.41) is 8.72. The minimum Gasteiger partial charge on any atom is -0.465 e. The molecule has 0 unspecified atom stereocenters. The second kappa shape index (κ2) is 5.82. The van der Waals surface area contributed by atoms with E-state index in [0.717, 1.165) is 12.8 Å². The number of rotatable bonds is 4. The van der Waals surface area contributed by atoms with E-state index < -0.39 is 6.09 Å². The predicted molar refractivity (Wildman–Crippen MR) is 52.2 cm³/mol. The number of carbonyl (C=O) groups is 1. The Hall–Kier alpha value is -0.810. The summed E-state index contributed by atoms with van der Waals surface area (Å²) >= 11 is 0. The first-order valence-electron chi connectivity index (χ1n) is 4.99. The Kier molecular flexibility index (Phi) is 4.69. The van der Waals surface area contributed by atoms with E-state index in [-0.39, 0.29) is 0 Å². The van der Waals surface area contributed by atoms with E-state index in [0.29, 0.717) is 38.8 Å². The van der Waals surface area contributed by atoms with E-state index in [9.17, 15) is 4.79 Å². The van der Waals surface area contributed by atoms with Crippen molar-refractivity contribution in [2.75, 3.05) is 32.8 Å². The van der Waals surface area contributed by atoms with Crippen molar-refractivity contribution >= 4 is 6.09 Å². The maximum atomic E-state index is 10.6. The van der Waals surface area contributed by atoms with Gasteiger partial charge in [0, 0.05) is 26.2 Å². The van der Waals surface area contributed by atoms with Crippen molar-refractivity contribution in [1.29, 1.82) is 0 Å². The average Bonchev–Trinajstić information content (AvgIpc) is 2.19. The van der Waals surface area contributed by atoms with E-state index in [4.69, 9.17) is 15.6 Å². The number of piperidine rings is 1. The molecule has 1 aliphatic heterocycles. The summed E-state index contributed by atoms with van der Waals surface area (Å²) in [5.74, 6) is 0.497. The summed E-state index contributed by atoms with van der Waals surface area (Å²) < 4.78 is 5.33. The second-order valence-corrected chi connectivity index (χ2v) is 3.58. The number of carboxylic acid groups (broad SMARTS) is 1. The first-order chi connectivity index (χ1) is 6.74. The average molecular weight is 202 g/mol. The first kappa shape index (κ1) is 11.3. The van der Waals surface area contributed by atoms with Crippen LogP contribution in [-0.2, 0) is 4.74 Å². The molecule has 1 amide bonds. The summed E-state index contributed by atoms with van der Waals surface area (Å²) in [6.07, 6.45) is 0.986. The fourth-order valence-corrected chi connectivity index (χ4v) is 1.62. The van der Waals surface area contributed by atoms with Crippen LogP contribution in [0.1, 0.15) is 12.8 Å². The Morgan fingerprint density at radius 1 is 1.50 bits per heavy atom. The molecule has 1 fully saturated rings. The Balaban J connectivity index is 2.12. The monoisotopic (exact) mass is 202 g/mol. The van der Waals surface area contributed by atoms with Gasteiger partial charge in [-0.05, 0) is 18.8 Å². The third-order valence-electron chi connectivity index (χ3n) is 2.50. The molecule has 14 heavy (non-hydrogen) atoms. The second-order valence-electron chi connectivity index (χ2n) is 3.58. The number of hydrogen-bond donors (Lipinski definition) is 2. The zero-order chi connectivity index (χ0) is 10.4. The zero-order valence-electron chi connectivity index (χ0n) is 8.32. The smallest absolute Gasteiger partial charge is 0.407 e. The molecule has 0 spiro atoms. The maximum Gasteiger partial charge on any atom is 0.407 e. The van der Waals surface area contributed by atoms with Crippen LogP contribution < -0.4 is 5.73 Å². The molecule has 1 heterocycles. The molecule has 0 aromatic rings. The predicted octanol–water partition coefficient (Wildman–Crippen LogP) is 0.352. The molecule has 0 radical (unpaired) electrons. The van der Waals surface area contributed by atoms with Gasteiger partial charge in [0.05, 0.1) is 6.61 Å². The largest absolute Gasteiger partial charge is 0.465 e. The Labute approximate surface area is 83.8 Å². The molecule has 1 rings (SSSR count). The highest BCUT2D eigenvalue weighted by atomic mass is 16.5. The van der Waals surface area contributed by atoms with Crippen molar-refractivity contribution in [2.24, 2.45) is 11.7 Å². The first-order valence-corrected chi connectivity index (χ1v) is 4.99. The number of likely N-dealkylation sites (tertiary alicyclic amines) is 1. The van der Waals surface area contributed by atoms with Crippen LogP contribution in [0, 0.1) is 5.92 Å². The Bertz CT molecular complexity index is 179. The molecule has 0 atom stereocenters. The lowest BCUT2D eigenvalue weighted by Crippen LogP contribution is -2.38. The van der Waals surface area contributed by atoms with Gasteiger partial charge in [0.15, 0.2) is 0 Å². The van der Waals surface area contributed by atoms with E-state index in [1.807, 2.05) is 0 Å². The third kappa shape index (κ3) is 3.51. The summed E-state index contributed by atoms with van der Waals surface area (Å²) in [4.78, 5) is 12.1. The molecule has 0 aromatic carbocycles. The third-order valence-corrected chi connectivity index (χ3v) is 2.50. The van der Waals surface area contributed by atoms with Gasteiger partial charge in [0.2, 0.25) is 0 Å². The van der Waals surface area contributed by atoms with Crippen molar-refractivity contribution in [3.8, 4) is 0 Å². The van der Waals surface area contributed by atoms with E-state index >= 15 is 0 Å². The standard InChI is InChI=1S/C9H18N2O3/c10-3-6-14-7-8-1-4-11(5-2-8)9(12)13/h8H,1-7,10H2,(H,12,13). The molecule has 0 saturated carbocycles. The van der Waals surface area contributed by atoms with Gasteiger partial charge in [-0.3, -0.25) is 0 Å². The van der Waals surface area contributed by atoms with Crippen LogP contribution in [0.15, 0.2) is 0 Å². The van der Waals surface area contributed by atoms with Crippen LogP contribution >= 0.6 is 0 Å². The summed E-state index contributed by atoms with van der Waals surface area (Å²) in [6, 6.07) is 0. The van der Waals surface area contributed by atoms with Crippen molar-refractivity contribution < 1.29 is 14.6 Å². The topological polar surface area (TPSA) is 75.8 Å². The molecule has 0 bridgehead atoms. The molecule has 0 aliphatic carbocycles. The van der Waals surface area contributed by atoms with Gasteiger partial charge < -0.3 is 20.5 Å². The van der Waals surface area contributed by atoms with Crippen molar-refractivity contribution in [3.05, 3.63) is 0 Å². The SMILES string of the molecule is NCCOCC1CCN(C(=O)O)CC1. The highest BCUT2D eigenvalue weighted by Crippen LogP contribution is 2.17. The van der Waals surface area contributed by atoms with Gasteiger partial charge in [0.1, 0.15) is 0 Å². The fourth-order valence-electron chi connectivity index (χ4n) is 1.62. The van der Waals surface area contributed by atoms with Crippen molar-refractivity contribution in [3.63, 3.8) is 0 Å². The van der Waals surface area contributed by atoms with Gasteiger partial charge in [-0.15, -0.1) is 0 Å². The lowest BCUT2D eigenvalue weighted by molar-refractivity contribution is 0.0688. The van der Waals surface area contributed by atoms with Crippen LogP contribution in [0.3, 0.4) is 0 Å². The molecule has 0 aromatic heterocycles. The molecule has 5 nitrogen and oxygen atoms in total. The van der Waals surface area contributed by atoms with E-state index in [1.165, 1.54) is 4.90 Å². The normalized spacial score (nSPS) is 18.5. The number of nitrogens with zero attached hydrogens (tertiary/aromatic N) is 1. The van der Waals surface area contributed by atoms with Gasteiger partial charge in [0.25, 0.3) is 0 Å². The molecule has 1 aliphatic rings.